The Morgan fingerprint density at radius 2 is 2.00 bits per heavy atom. The highest BCUT2D eigenvalue weighted by atomic mass is 79.9. The number of hydrogen-bond donors (Lipinski definition) is 1. The van der Waals surface area contributed by atoms with E-state index >= 15 is 0 Å². The Balaban J connectivity index is 2.42. The molecule has 0 fully saturated rings. The van der Waals surface area contributed by atoms with E-state index in [1.165, 1.54) is 17.0 Å². The monoisotopic (exact) mass is 349 g/mol. The summed E-state index contributed by atoms with van der Waals surface area (Å²) < 4.78 is 3.19. The molecular formula is C17H24BrN3. The van der Waals surface area contributed by atoms with E-state index in [1.807, 2.05) is 6.07 Å². The second kappa shape index (κ2) is 7.76. The van der Waals surface area contributed by atoms with Crippen molar-refractivity contribution < 1.29 is 0 Å². The number of rotatable bonds is 7. The van der Waals surface area contributed by atoms with Gasteiger partial charge in [0.05, 0.1) is 11.4 Å². The normalized spacial score (nSPS) is 11.0. The Labute approximate surface area is 135 Å². The molecule has 4 heteroatoms. The Kier molecular flexibility index (Phi) is 6.00. The Hall–Kier alpha value is -1.13. The number of aromatic nitrogens is 2. The van der Waals surface area contributed by atoms with Crippen molar-refractivity contribution in [2.24, 2.45) is 0 Å². The predicted octanol–water partition coefficient (Wildman–Crippen LogP) is 4.26. The van der Waals surface area contributed by atoms with Crippen LogP contribution < -0.4 is 5.32 Å². The molecule has 0 aliphatic carbocycles. The molecule has 0 saturated carbocycles. The Bertz CT molecular complexity index is 590. The summed E-state index contributed by atoms with van der Waals surface area (Å²) in [6.45, 7) is 8.53. The average molecular weight is 350 g/mol. The molecule has 2 aromatic rings. The number of aryl methyl sites for hydroxylation is 1. The minimum Gasteiger partial charge on any atom is -0.313 e. The fraction of sp³-hybridized carbons (Fsp3) is 0.471. The molecule has 1 heterocycles. The van der Waals surface area contributed by atoms with Crippen molar-refractivity contribution in [3.05, 3.63) is 45.7 Å². The minimum atomic E-state index is 0.911. The van der Waals surface area contributed by atoms with E-state index in [0.717, 1.165) is 42.5 Å². The predicted molar refractivity (Wildman–Crippen MR) is 92.0 cm³/mol. The zero-order chi connectivity index (χ0) is 15.2. The molecule has 1 aromatic carbocycles. The molecule has 0 bridgehead atoms. The van der Waals surface area contributed by atoms with E-state index < -0.39 is 0 Å². The third-order valence-corrected chi connectivity index (χ3v) is 4.12. The highest BCUT2D eigenvalue weighted by molar-refractivity contribution is 9.10. The quantitative estimate of drug-likeness (QED) is 0.756. The average Bonchev–Trinajstić information content (AvgIpc) is 2.85. The fourth-order valence-corrected chi connectivity index (χ4v) is 2.99. The second-order valence-corrected chi connectivity index (χ2v) is 6.06. The molecule has 0 aliphatic rings. The van der Waals surface area contributed by atoms with Gasteiger partial charge in [0.2, 0.25) is 0 Å². The number of benzene rings is 1. The van der Waals surface area contributed by atoms with Crippen molar-refractivity contribution >= 4 is 15.9 Å². The molecule has 0 saturated heterocycles. The topological polar surface area (TPSA) is 29.9 Å². The van der Waals surface area contributed by atoms with Crippen LogP contribution in [0.1, 0.15) is 44.1 Å². The molecule has 0 amide bonds. The zero-order valence-electron chi connectivity index (χ0n) is 13.1. The summed E-state index contributed by atoms with van der Waals surface area (Å²) in [7, 11) is 0. The van der Waals surface area contributed by atoms with Crippen LogP contribution in [0.5, 0.6) is 0 Å². The van der Waals surface area contributed by atoms with Gasteiger partial charge in [0.25, 0.3) is 0 Å². The molecule has 0 radical (unpaired) electrons. The first-order valence-corrected chi connectivity index (χ1v) is 8.56. The van der Waals surface area contributed by atoms with Gasteiger partial charge < -0.3 is 5.32 Å². The van der Waals surface area contributed by atoms with Crippen LogP contribution in [0.4, 0.5) is 0 Å². The van der Waals surface area contributed by atoms with Gasteiger partial charge in [-0.2, -0.15) is 5.10 Å². The maximum absolute atomic E-state index is 4.85. The van der Waals surface area contributed by atoms with Crippen LogP contribution >= 0.6 is 15.9 Å². The van der Waals surface area contributed by atoms with Gasteiger partial charge >= 0.3 is 0 Å². The molecule has 114 valence electrons. The first-order valence-electron chi connectivity index (χ1n) is 7.77. The van der Waals surface area contributed by atoms with Crippen molar-refractivity contribution in [1.29, 1.82) is 0 Å². The van der Waals surface area contributed by atoms with Crippen LogP contribution in [-0.2, 0) is 19.4 Å². The molecule has 21 heavy (non-hydrogen) atoms. The molecule has 1 aromatic heterocycles. The summed E-state index contributed by atoms with van der Waals surface area (Å²) in [6.07, 6.45) is 3.11. The van der Waals surface area contributed by atoms with Crippen molar-refractivity contribution in [1.82, 2.24) is 15.1 Å². The van der Waals surface area contributed by atoms with Crippen LogP contribution in [0.3, 0.4) is 0 Å². The Morgan fingerprint density at radius 3 is 2.62 bits per heavy atom. The van der Waals surface area contributed by atoms with E-state index in [4.69, 9.17) is 5.10 Å². The van der Waals surface area contributed by atoms with E-state index in [9.17, 15) is 0 Å². The third kappa shape index (κ3) is 3.74. The lowest BCUT2D eigenvalue weighted by Crippen LogP contribution is -2.16. The van der Waals surface area contributed by atoms with Crippen LogP contribution in [0.25, 0.3) is 5.69 Å². The van der Waals surface area contributed by atoms with Gasteiger partial charge in [-0.3, -0.25) is 0 Å². The second-order valence-electron chi connectivity index (χ2n) is 5.15. The maximum atomic E-state index is 4.85. The molecule has 1 N–H and O–H groups in total. The van der Waals surface area contributed by atoms with E-state index in [1.54, 1.807) is 0 Å². The summed E-state index contributed by atoms with van der Waals surface area (Å²) in [5.41, 5.74) is 5.01. The minimum absolute atomic E-state index is 0.911. The Morgan fingerprint density at radius 1 is 1.19 bits per heavy atom. The summed E-state index contributed by atoms with van der Waals surface area (Å²) in [5, 5.41) is 8.36. The van der Waals surface area contributed by atoms with Crippen LogP contribution in [-0.4, -0.2) is 16.3 Å². The molecule has 0 aliphatic heterocycles. The van der Waals surface area contributed by atoms with Crippen molar-refractivity contribution in [2.45, 2.75) is 46.6 Å². The zero-order valence-corrected chi connectivity index (χ0v) is 14.7. The van der Waals surface area contributed by atoms with Gasteiger partial charge in [0, 0.05) is 22.3 Å². The summed E-state index contributed by atoms with van der Waals surface area (Å²) in [4.78, 5) is 0. The van der Waals surface area contributed by atoms with Gasteiger partial charge in [-0.1, -0.05) is 42.8 Å². The van der Waals surface area contributed by atoms with Gasteiger partial charge in [-0.25, -0.2) is 4.68 Å². The first kappa shape index (κ1) is 16.2. The van der Waals surface area contributed by atoms with E-state index in [0.29, 0.717) is 0 Å². The molecule has 3 nitrogen and oxygen atoms in total. The summed E-state index contributed by atoms with van der Waals surface area (Å²) in [5.74, 6) is 0. The highest BCUT2D eigenvalue weighted by Crippen LogP contribution is 2.22. The standard InChI is InChI=1S/C17H24BrN3/c1-4-10-19-12-15-16(5-2)20-21(17(15)6-3)14-9-7-8-13(18)11-14/h7-9,11,19H,4-6,10,12H2,1-3H3. The SMILES string of the molecule is CCCNCc1c(CC)nn(-c2cccc(Br)c2)c1CC. The van der Waals surface area contributed by atoms with Crippen molar-refractivity contribution in [3.63, 3.8) is 0 Å². The van der Waals surface area contributed by atoms with Gasteiger partial charge in [-0.05, 0) is 44.0 Å². The number of nitrogens with zero attached hydrogens (tertiary/aromatic N) is 2. The first-order chi connectivity index (χ1) is 10.2. The smallest absolute Gasteiger partial charge is 0.0674 e. The lowest BCUT2D eigenvalue weighted by molar-refractivity contribution is 0.666. The lowest BCUT2D eigenvalue weighted by atomic mass is 10.1. The van der Waals surface area contributed by atoms with E-state index in [-0.39, 0.29) is 0 Å². The van der Waals surface area contributed by atoms with Gasteiger partial charge in [0.15, 0.2) is 0 Å². The van der Waals surface area contributed by atoms with Crippen molar-refractivity contribution in [2.75, 3.05) is 6.54 Å². The molecule has 0 atom stereocenters. The molecule has 2 rings (SSSR count). The van der Waals surface area contributed by atoms with Crippen molar-refractivity contribution in [3.8, 4) is 5.69 Å². The fourth-order valence-electron chi connectivity index (χ4n) is 2.60. The third-order valence-electron chi connectivity index (χ3n) is 3.62. The number of nitrogens with one attached hydrogen (secondary N) is 1. The van der Waals surface area contributed by atoms with Crippen LogP contribution in [0.2, 0.25) is 0 Å². The van der Waals surface area contributed by atoms with E-state index in [2.05, 4.69) is 64.9 Å². The molecule has 0 spiro atoms. The molecule has 0 unspecified atom stereocenters. The van der Waals surface area contributed by atoms with Gasteiger partial charge in [-0.15, -0.1) is 0 Å². The lowest BCUT2D eigenvalue weighted by Gasteiger charge is -2.09. The highest BCUT2D eigenvalue weighted by Gasteiger charge is 2.16. The van der Waals surface area contributed by atoms with Crippen LogP contribution in [0.15, 0.2) is 28.7 Å². The van der Waals surface area contributed by atoms with Crippen LogP contribution in [0, 0.1) is 0 Å². The maximum Gasteiger partial charge on any atom is 0.0674 e. The summed E-state index contributed by atoms with van der Waals surface area (Å²) >= 11 is 3.55. The number of hydrogen-bond acceptors (Lipinski definition) is 2. The largest absolute Gasteiger partial charge is 0.313 e. The van der Waals surface area contributed by atoms with Gasteiger partial charge in [0.1, 0.15) is 0 Å². The molecular weight excluding hydrogens is 326 g/mol. The summed E-state index contributed by atoms with van der Waals surface area (Å²) in [6, 6.07) is 8.33. The number of halogens is 1.